The van der Waals surface area contributed by atoms with Gasteiger partial charge in [0.25, 0.3) is 0 Å². The molecular weight excluding hydrogens is 230 g/mol. The molecule has 2 N–H and O–H groups in total. The molecule has 0 spiro atoms. The third kappa shape index (κ3) is 2.23. The second-order valence-electron chi connectivity index (χ2n) is 2.91. The van der Waals surface area contributed by atoms with Gasteiger partial charge in [0.1, 0.15) is 11.4 Å². The number of rotatable bonds is 1. The molecule has 0 amide bonds. The molecule has 1 aromatic rings. The lowest BCUT2D eigenvalue weighted by Crippen LogP contribution is -2.17. The van der Waals surface area contributed by atoms with Crippen LogP contribution >= 0.6 is 0 Å². The molecule has 0 aliphatic carbocycles. The van der Waals surface area contributed by atoms with E-state index in [0.717, 1.165) is 13.2 Å². The Morgan fingerprint density at radius 1 is 1.38 bits per heavy atom. The van der Waals surface area contributed by atoms with E-state index in [2.05, 4.69) is 4.74 Å². The van der Waals surface area contributed by atoms with E-state index in [1.54, 1.807) is 0 Å². The summed E-state index contributed by atoms with van der Waals surface area (Å²) in [5, 5.41) is 0. The Kier molecular flexibility index (Phi) is 3.06. The van der Waals surface area contributed by atoms with E-state index in [4.69, 9.17) is 5.73 Å². The monoisotopic (exact) mass is 237 g/mol. The summed E-state index contributed by atoms with van der Waals surface area (Å²) in [5.41, 5.74) is 2.25. The zero-order valence-corrected chi connectivity index (χ0v) is 8.06. The van der Waals surface area contributed by atoms with Gasteiger partial charge in [0.05, 0.1) is 12.7 Å². The van der Waals surface area contributed by atoms with Gasteiger partial charge in [0.2, 0.25) is 0 Å². The Morgan fingerprint density at radius 3 is 2.38 bits per heavy atom. The van der Waals surface area contributed by atoms with Crippen molar-refractivity contribution in [3.63, 3.8) is 0 Å². The maximum absolute atomic E-state index is 13.1. The minimum Gasteiger partial charge on any atom is -0.465 e. The molecule has 0 aliphatic heterocycles. The van der Waals surface area contributed by atoms with Gasteiger partial charge in [-0.2, -0.15) is 13.2 Å². The van der Waals surface area contributed by atoms with Crippen molar-refractivity contribution in [2.45, 2.75) is 6.18 Å². The van der Waals surface area contributed by atoms with E-state index in [-0.39, 0.29) is 5.69 Å². The molecular formula is C9H7F4NO2. The van der Waals surface area contributed by atoms with Crippen LogP contribution in [-0.4, -0.2) is 13.1 Å². The maximum Gasteiger partial charge on any atom is 0.420 e. The zero-order valence-electron chi connectivity index (χ0n) is 8.06. The Morgan fingerprint density at radius 2 is 1.94 bits per heavy atom. The van der Waals surface area contributed by atoms with Crippen LogP contribution in [0.2, 0.25) is 0 Å². The average molecular weight is 237 g/mol. The van der Waals surface area contributed by atoms with E-state index in [0.29, 0.717) is 6.07 Å². The number of ether oxygens (including phenoxy) is 1. The Labute approximate surface area is 87.8 Å². The standard InChI is InChI=1S/C9H7F4NO2/c1-16-8(15)5-2-4(14)3-6(10)7(5)9(11,12)13/h2-3H,14H2,1H3. The van der Waals surface area contributed by atoms with Crippen LogP contribution in [0.15, 0.2) is 12.1 Å². The lowest BCUT2D eigenvalue weighted by Gasteiger charge is -2.12. The lowest BCUT2D eigenvalue weighted by atomic mass is 10.1. The number of halogens is 4. The molecule has 1 rings (SSSR count). The number of esters is 1. The highest BCUT2D eigenvalue weighted by atomic mass is 19.4. The largest absolute Gasteiger partial charge is 0.465 e. The second-order valence-corrected chi connectivity index (χ2v) is 2.91. The summed E-state index contributed by atoms with van der Waals surface area (Å²) in [6.07, 6.45) is -4.98. The summed E-state index contributed by atoms with van der Waals surface area (Å²) in [6.45, 7) is 0. The zero-order chi connectivity index (χ0) is 12.5. The summed E-state index contributed by atoms with van der Waals surface area (Å²) in [5.74, 6) is -2.90. The van der Waals surface area contributed by atoms with Crippen LogP contribution in [0, 0.1) is 5.82 Å². The average Bonchev–Trinajstić information content (AvgIpc) is 2.12. The van der Waals surface area contributed by atoms with Crippen molar-refractivity contribution in [2.24, 2.45) is 0 Å². The first-order valence-electron chi connectivity index (χ1n) is 4.02. The van der Waals surface area contributed by atoms with Crippen molar-refractivity contribution >= 4 is 11.7 Å². The molecule has 3 nitrogen and oxygen atoms in total. The molecule has 16 heavy (non-hydrogen) atoms. The minimum absolute atomic E-state index is 0.286. The number of hydrogen-bond donors (Lipinski definition) is 1. The fourth-order valence-electron chi connectivity index (χ4n) is 1.19. The van der Waals surface area contributed by atoms with Gasteiger partial charge in [-0.1, -0.05) is 0 Å². The first kappa shape index (κ1) is 12.3. The lowest BCUT2D eigenvalue weighted by molar-refractivity contribution is -0.140. The molecule has 0 saturated carbocycles. The Hall–Kier alpha value is -1.79. The molecule has 0 bridgehead atoms. The molecule has 1 aromatic carbocycles. The van der Waals surface area contributed by atoms with Gasteiger partial charge in [-0.05, 0) is 12.1 Å². The van der Waals surface area contributed by atoms with Crippen LogP contribution in [-0.2, 0) is 10.9 Å². The highest BCUT2D eigenvalue weighted by Gasteiger charge is 2.39. The number of methoxy groups -OCH3 is 1. The van der Waals surface area contributed by atoms with Crippen LogP contribution in [0.4, 0.5) is 23.2 Å². The predicted octanol–water partition coefficient (Wildman–Crippen LogP) is 2.21. The topological polar surface area (TPSA) is 52.3 Å². The number of nitrogens with two attached hydrogens (primary N) is 1. The third-order valence-corrected chi connectivity index (χ3v) is 1.80. The Balaban J connectivity index is 3.51. The SMILES string of the molecule is COC(=O)c1cc(N)cc(F)c1C(F)(F)F. The van der Waals surface area contributed by atoms with E-state index >= 15 is 0 Å². The third-order valence-electron chi connectivity index (χ3n) is 1.80. The van der Waals surface area contributed by atoms with E-state index in [1.807, 2.05) is 0 Å². The van der Waals surface area contributed by atoms with Crippen molar-refractivity contribution in [1.82, 2.24) is 0 Å². The van der Waals surface area contributed by atoms with Crippen molar-refractivity contribution in [2.75, 3.05) is 12.8 Å². The smallest absolute Gasteiger partial charge is 0.420 e. The van der Waals surface area contributed by atoms with Crippen LogP contribution < -0.4 is 5.73 Å². The molecule has 0 atom stereocenters. The summed E-state index contributed by atoms with van der Waals surface area (Å²) in [6, 6.07) is 1.22. The van der Waals surface area contributed by atoms with Gasteiger partial charge in [-0.3, -0.25) is 0 Å². The number of carbonyl (C=O) groups excluding carboxylic acids is 1. The fraction of sp³-hybridized carbons (Fsp3) is 0.222. The van der Waals surface area contributed by atoms with Crippen molar-refractivity contribution in [3.8, 4) is 0 Å². The van der Waals surface area contributed by atoms with Crippen LogP contribution in [0.5, 0.6) is 0 Å². The van der Waals surface area contributed by atoms with Crippen LogP contribution in [0.3, 0.4) is 0 Å². The molecule has 7 heteroatoms. The minimum atomic E-state index is -4.98. The van der Waals surface area contributed by atoms with Gasteiger partial charge >= 0.3 is 12.1 Å². The number of benzene rings is 1. The second kappa shape index (κ2) is 3.99. The summed E-state index contributed by atoms with van der Waals surface area (Å²) in [4.78, 5) is 11.0. The molecule has 0 unspecified atom stereocenters. The molecule has 0 radical (unpaired) electrons. The van der Waals surface area contributed by atoms with Gasteiger partial charge < -0.3 is 10.5 Å². The van der Waals surface area contributed by atoms with Gasteiger partial charge in [-0.15, -0.1) is 0 Å². The summed E-state index contributed by atoms with van der Waals surface area (Å²) < 4.78 is 54.6. The highest BCUT2D eigenvalue weighted by molar-refractivity contribution is 5.92. The molecule has 0 fully saturated rings. The molecule has 0 aliphatic rings. The normalized spacial score (nSPS) is 11.3. The van der Waals surface area contributed by atoms with Crippen molar-refractivity contribution < 1.29 is 27.1 Å². The van der Waals surface area contributed by atoms with Crippen LogP contribution in [0.1, 0.15) is 15.9 Å². The number of hydrogen-bond acceptors (Lipinski definition) is 3. The Bertz CT molecular complexity index is 428. The number of carbonyl (C=O) groups is 1. The van der Waals surface area contributed by atoms with Gasteiger partial charge in [-0.25, -0.2) is 9.18 Å². The molecule has 88 valence electrons. The maximum atomic E-state index is 13.1. The molecule has 0 heterocycles. The van der Waals surface area contributed by atoms with E-state index in [9.17, 15) is 22.4 Å². The summed E-state index contributed by atoms with van der Waals surface area (Å²) in [7, 11) is 0.892. The molecule has 0 aromatic heterocycles. The van der Waals surface area contributed by atoms with Crippen LogP contribution in [0.25, 0.3) is 0 Å². The predicted molar refractivity (Wildman–Crippen MR) is 47.2 cm³/mol. The first-order valence-corrected chi connectivity index (χ1v) is 4.02. The number of anilines is 1. The first-order chi connectivity index (χ1) is 7.27. The van der Waals surface area contributed by atoms with E-state index in [1.165, 1.54) is 0 Å². The number of alkyl halides is 3. The molecule has 0 saturated heterocycles. The number of nitrogen functional groups attached to an aromatic ring is 1. The quantitative estimate of drug-likeness (QED) is 0.463. The highest BCUT2D eigenvalue weighted by Crippen LogP contribution is 2.35. The van der Waals surface area contributed by atoms with Gasteiger partial charge in [0, 0.05) is 5.69 Å². The van der Waals surface area contributed by atoms with E-state index < -0.39 is 29.1 Å². The summed E-state index contributed by atoms with van der Waals surface area (Å²) >= 11 is 0. The van der Waals surface area contributed by atoms with Crippen molar-refractivity contribution in [1.29, 1.82) is 0 Å². The fourth-order valence-corrected chi connectivity index (χ4v) is 1.19. The van der Waals surface area contributed by atoms with Crippen molar-refractivity contribution in [3.05, 3.63) is 29.1 Å². The van der Waals surface area contributed by atoms with Gasteiger partial charge in [0.15, 0.2) is 0 Å².